The number of halogens is 1. The predicted octanol–water partition coefficient (Wildman–Crippen LogP) is 3.03. The van der Waals surface area contributed by atoms with E-state index in [4.69, 9.17) is 0 Å². The van der Waals surface area contributed by atoms with Crippen LogP contribution in [0.5, 0.6) is 0 Å². The fraction of sp³-hybridized carbons (Fsp3) is 0.100. The molecule has 0 fully saturated rings. The first-order valence-corrected chi connectivity index (χ1v) is 7.90. The van der Waals surface area contributed by atoms with Gasteiger partial charge in [-0.1, -0.05) is 48.5 Å². The van der Waals surface area contributed by atoms with E-state index < -0.39 is 11.7 Å². The monoisotopic (exact) mass is 336 g/mol. The molecule has 0 saturated carbocycles. The number of nitrogens with one attached hydrogen (secondary N) is 2. The van der Waals surface area contributed by atoms with Crippen molar-refractivity contribution < 1.29 is 14.0 Å². The standard InChI is InChI=1S/C20H17FN2O2/c21-17-9-4-7-15(11-17)20(25)23-13-19(24)22-12-16-8-3-6-14-5-1-2-10-18(14)16/h1-11H,12-13H2,(H,22,24)(H,23,25). The number of carbonyl (C=O) groups excluding carboxylic acids is 2. The Hall–Kier alpha value is -3.21. The normalized spacial score (nSPS) is 10.4. The van der Waals surface area contributed by atoms with Gasteiger partial charge in [-0.15, -0.1) is 0 Å². The molecule has 0 radical (unpaired) electrons. The number of hydrogen-bond acceptors (Lipinski definition) is 2. The Bertz CT molecular complexity index is 919. The van der Waals surface area contributed by atoms with Gasteiger partial charge >= 0.3 is 0 Å². The molecule has 3 rings (SSSR count). The van der Waals surface area contributed by atoms with Crippen molar-refractivity contribution in [1.29, 1.82) is 0 Å². The highest BCUT2D eigenvalue weighted by atomic mass is 19.1. The summed E-state index contributed by atoms with van der Waals surface area (Å²) in [7, 11) is 0. The van der Waals surface area contributed by atoms with E-state index >= 15 is 0 Å². The SMILES string of the molecule is O=C(CNC(=O)c1cccc(F)c1)NCc1cccc2ccccc12. The van der Waals surface area contributed by atoms with E-state index in [1.165, 1.54) is 18.2 Å². The maximum absolute atomic E-state index is 13.1. The van der Waals surface area contributed by atoms with Crippen LogP contribution in [0.1, 0.15) is 15.9 Å². The van der Waals surface area contributed by atoms with Gasteiger partial charge in [0.2, 0.25) is 5.91 Å². The largest absolute Gasteiger partial charge is 0.350 e. The van der Waals surface area contributed by atoms with Gasteiger partial charge in [0.05, 0.1) is 6.54 Å². The van der Waals surface area contributed by atoms with E-state index in [2.05, 4.69) is 10.6 Å². The summed E-state index contributed by atoms with van der Waals surface area (Å²) in [4.78, 5) is 23.8. The average molecular weight is 336 g/mol. The third kappa shape index (κ3) is 4.20. The lowest BCUT2D eigenvalue weighted by Gasteiger charge is -2.09. The lowest BCUT2D eigenvalue weighted by Crippen LogP contribution is -2.36. The fourth-order valence-electron chi connectivity index (χ4n) is 2.60. The molecule has 0 aliphatic heterocycles. The summed E-state index contributed by atoms with van der Waals surface area (Å²) in [6.07, 6.45) is 0. The molecule has 3 aromatic carbocycles. The molecule has 0 unspecified atom stereocenters. The van der Waals surface area contributed by atoms with Crippen molar-refractivity contribution in [3.63, 3.8) is 0 Å². The molecular formula is C20H17FN2O2. The molecule has 0 saturated heterocycles. The van der Waals surface area contributed by atoms with Crippen LogP contribution in [0.25, 0.3) is 10.8 Å². The summed E-state index contributed by atoms with van der Waals surface area (Å²) >= 11 is 0. The van der Waals surface area contributed by atoms with Gasteiger partial charge in [0.15, 0.2) is 0 Å². The van der Waals surface area contributed by atoms with Crippen LogP contribution in [-0.4, -0.2) is 18.4 Å². The van der Waals surface area contributed by atoms with E-state index in [9.17, 15) is 14.0 Å². The molecule has 0 atom stereocenters. The molecule has 0 aliphatic rings. The quantitative estimate of drug-likeness (QED) is 0.752. The Balaban J connectivity index is 1.55. The molecule has 0 spiro atoms. The number of hydrogen-bond donors (Lipinski definition) is 2. The van der Waals surface area contributed by atoms with Crippen molar-refractivity contribution in [2.75, 3.05) is 6.54 Å². The molecule has 0 aromatic heterocycles. The predicted molar refractivity (Wildman–Crippen MR) is 94.5 cm³/mol. The second-order valence-corrected chi connectivity index (χ2v) is 5.61. The molecule has 0 bridgehead atoms. The van der Waals surface area contributed by atoms with Crippen LogP contribution in [-0.2, 0) is 11.3 Å². The van der Waals surface area contributed by atoms with Gasteiger partial charge in [-0.2, -0.15) is 0 Å². The van der Waals surface area contributed by atoms with Crippen LogP contribution in [0, 0.1) is 5.82 Å². The lowest BCUT2D eigenvalue weighted by molar-refractivity contribution is -0.120. The van der Waals surface area contributed by atoms with Gasteiger partial charge in [-0.3, -0.25) is 9.59 Å². The summed E-state index contributed by atoms with van der Waals surface area (Å²) in [5, 5.41) is 7.45. The molecule has 0 heterocycles. The van der Waals surface area contributed by atoms with Crippen LogP contribution < -0.4 is 10.6 Å². The molecule has 4 nitrogen and oxygen atoms in total. The molecule has 3 aromatic rings. The van der Waals surface area contributed by atoms with E-state index in [-0.39, 0.29) is 18.0 Å². The topological polar surface area (TPSA) is 58.2 Å². The minimum atomic E-state index is -0.493. The zero-order chi connectivity index (χ0) is 17.6. The van der Waals surface area contributed by atoms with Gasteiger partial charge < -0.3 is 10.6 Å². The number of benzene rings is 3. The minimum absolute atomic E-state index is 0.167. The Kier molecular flexibility index (Phi) is 5.04. The highest BCUT2D eigenvalue weighted by Gasteiger charge is 2.09. The first-order chi connectivity index (χ1) is 12.1. The smallest absolute Gasteiger partial charge is 0.251 e. The molecule has 5 heteroatoms. The van der Waals surface area contributed by atoms with E-state index in [1.807, 2.05) is 42.5 Å². The second-order valence-electron chi connectivity index (χ2n) is 5.61. The Morgan fingerprint density at radius 2 is 1.64 bits per heavy atom. The molecule has 2 amide bonds. The highest BCUT2D eigenvalue weighted by molar-refractivity contribution is 5.96. The lowest BCUT2D eigenvalue weighted by atomic mass is 10.0. The van der Waals surface area contributed by atoms with Gasteiger partial charge in [-0.25, -0.2) is 4.39 Å². The maximum Gasteiger partial charge on any atom is 0.251 e. The van der Waals surface area contributed by atoms with Crippen molar-refractivity contribution >= 4 is 22.6 Å². The van der Waals surface area contributed by atoms with E-state index in [0.717, 1.165) is 22.4 Å². The zero-order valence-electron chi connectivity index (χ0n) is 13.5. The first-order valence-electron chi connectivity index (χ1n) is 7.90. The van der Waals surface area contributed by atoms with Gasteiger partial charge in [0.1, 0.15) is 5.82 Å². The zero-order valence-corrected chi connectivity index (χ0v) is 13.5. The Morgan fingerprint density at radius 1 is 0.880 bits per heavy atom. The van der Waals surface area contributed by atoms with Crippen molar-refractivity contribution in [3.8, 4) is 0 Å². The molecule has 25 heavy (non-hydrogen) atoms. The van der Waals surface area contributed by atoms with Crippen molar-refractivity contribution in [2.45, 2.75) is 6.54 Å². The summed E-state index contributed by atoms with van der Waals surface area (Å²) in [5.74, 6) is -1.29. The summed E-state index contributed by atoms with van der Waals surface area (Å²) < 4.78 is 13.1. The number of fused-ring (bicyclic) bond motifs is 1. The third-order valence-corrected chi connectivity index (χ3v) is 3.85. The molecule has 2 N–H and O–H groups in total. The first kappa shape index (κ1) is 16.6. The van der Waals surface area contributed by atoms with Crippen LogP contribution in [0.4, 0.5) is 4.39 Å². The average Bonchev–Trinajstić information content (AvgIpc) is 2.64. The van der Waals surface area contributed by atoms with Crippen molar-refractivity contribution in [3.05, 3.63) is 83.7 Å². The Morgan fingerprint density at radius 3 is 2.48 bits per heavy atom. The minimum Gasteiger partial charge on any atom is -0.350 e. The van der Waals surface area contributed by atoms with E-state index in [0.29, 0.717) is 6.54 Å². The number of amides is 2. The van der Waals surface area contributed by atoms with Crippen LogP contribution in [0.2, 0.25) is 0 Å². The summed E-state index contributed by atoms with van der Waals surface area (Å²) in [6.45, 7) is 0.204. The number of rotatable bonds is 5. The second kappa shape index (κ2) is 7.57. The van der Waals surface area contributed by atoms with Gasteiger partial charge in [-0.05, 0) is 34.5 Å². The van der Waals surface area contributed by atoms with Crippen LogP contribution in [0.3, 0.4) is 0 Å². The third-order valence-electron chi connectivity index (χ3n) is 3.85. The highest BCUT2D eigenvalue weighted by Crippen LogP contribution is 2.18. The Labute approximate surface area is 144 Å². The van der Waals surface area contributed by atoms with Crippen molar-refractivity contribution in [1.82, 2.24) is 10.6 Å². The molecule has 126 valence electrons. The summed E-state index contributed by atoms with van der Waals surface area (Å²) in [5.41, 5.74) is 1.18. The van der Waals surface area contributed by atoms with Gasteiger partial charge in [0, 0.05) is 12.1 Å². The van der Waals surface area contributed by atoms with Crippen molar-refractivity contribution in [2.24, 2.45) is 0 Å². The maximum atomic E-state index is 13.1. The molecular weight excluding hydrogens is 319 g/mol. The van der Waals surface area contributed by atoms with Crippen LogP contribution >= 0.6 is 0 Å². The van der Waals surface area contributed by atoms with Crippen LogP contribution in [0.15, 0.2) is 66.7 Å². The van der Waals surface area contributed by atoms with Gasteiger partial charge in [0.25, 0.3) is 5.91 Å². The summed E-state index contributed by atoms with van der Waals surface area (Å²) in [6, 6.07) is 19.2. The molecule has 0 aliphatic carbocycles. The van der Waals surface area contributed by atoms with E-state index in [1.54, 1.807) is 0 Å². The number of carbonyl (C=O) groups is 2. The fourth-order valence-corrected chi connectivity index (χ4v) is 2.60.